The summed E-state index contributed by atoms with van der Waals surface area (Å²) in [5.41, 5.74) is 3.35. The van der Waals surface area contributed by atoms with Crippen molar-refractivity contribution in [2.75, 3.05) is 13.2 Å². The number of hydrogen-bond acceptors (Lipinski definition) is 7. The van der Waals surface area contributed by atoms with Crippen molar-refractivity contribution in [3.63, 3.8) is 0 Å². The molecule has 0 aromatic heterocycles. The Morgan fingerprint density at radius 1 is 1.10 bits per heavy atom. The molecule has 3 saturated carbocycles. The van der Waals surface area contributed by atoms with Crippen LogP contribution in [-0.2, 0) is 14.8 Å². The first kappa shape index (κ1) is 29.0. The van der Waals surface area contributed by atoms with Crippen LogP contribution in [0.15, 0.2) is 18.2 Å². The molecule has 0 amide bonds. The van der Waals surface area contributed by atoms with Gasteiger partial charge < -0.3 is 9.84 Å². The molecule has 8 nitrogen and oxygen atoms in total. The van der Waals surface area contributed by atoms with Crippen molar-refractivity contribution >= 4 is 10.0 Å². The van der Waals surface area contributed by atoms with Gasteiger partial charge in [-0.2, -0.15) is 4.72 Å². The van der Waals surface area contributed by atoms with Crippen LogP contribution in [0, 0.1) is 25.2 Å². The van der Waals surface area contributed by atoms with E-state index in [9.17, 15) is 13.5 Å². The molecule has 5 aliphatic rings. The number of aryl methyl sites for hydroxylation is 2. The number of nitrogens with zero attached hydrogens (tertiary/aromatic N) is 1. The number of nitrogens with one attached hydrogen (secondary N) is 3. The van der Waals surface area contributed by atoms with Crippen molar-refractivity contribution in [1.29, 1.82) is 0 Å². The Morgan fingerprint density at radius 2 is 1.82 bits per heavy atom. The molecule has 0 radical (unpaired) electrons. The fourth-order valence-corrected chi connectivity index (χ4v) is 9.89. The number of rotatable bonds is 4. The van der Waals surface area contributed by atoms with E-state index in [-0.39, 0.29) is 23.6 Å². The van der Waals surface area contributed by atoms with Crippen LogP contribution in [0.4, 0.5) is 0 Å². The monoisotopic (exact) mass is 574 g/mol. The van der Waals surface area contributed by atoms with Crippen LogP contribution < -0.4 is 15.4 Å². The zero-order valence-corrected chi connectivity index (χ0v) is 25.6. The molecule has 6 atom stereocenters. The molecule has 5 unspecified atom stereocenters. The average Bonchev–Trinajstić information content (AvgIpc) is 3.65. The molecule has 1 aromatic carbocycles. The maximum atomic E-state index is 13.7. The molecule has 6 rings (SSSR count). The highest BCUT2D eigenvalue weighted by Crippen LogP contribution is 2.62. The lowest BCUT2D eigenvalue weighted by molar-refractivity contribution is -0.0829. The minimum Gasteiger partial charge on any atom is -0.390 e. The second kappa shape index (κ2) is 10.9. The maximum Gasteiger partial charge on any atom is 0.216 e. The molecule has 4 bridgehead atoms. The number of sulfonamides is 1. The summed E-state index contributed by atoms with van der Waals surface area (Å²) in [6.45, 7) is 9.45. The summed E-state index contributed by atoms with van der Waals surface area (Å²) in [4.78, 5) is 2.63. The van der Waals surface area contributed by atoms with Crippen LogP contribution in [0.1, 0.15) is 101 Å². The van der Waals surface area contributed by atoms with Gasteiger partial charge in [-0.1, -0.05) is 24.6 Å². The minimum absolute atomic E-state index is 0.0467. The van der Waals surface area contributed by atoms with Crippen molar-refractivity contribution in [2.45, 2.75) is 133 Å². The highest BCUT2D eigenvalue weighted by Gasteiger charge is 2.55. The van der Waals surface area contributed by atoms with Crippen LogP contribution in [-0.4, -0.2) is 67.0 Å². The zero-order chi connectivity index (χ0) is 28.3. The zero-order valence-electron chi connectivity index (χ0n) is 24.8. The SMILES string of the molecule is Cc1cccc(C)c1C1CC2NC(N1)NS(=O)(=O)C1CCCC(C1)CN(C1CC3(CC3)C1)[C@H](CC(C)(C)O)CO2. The summed E-state index contributed by atoms with van der Waals surface area (Å²) in [6.07, 6.45) is 8.95. The van der Waals surface area contributed by atoms with Crippen molar-refractivity contribution in [3.8, 4) is 0 Å². The van der Waals surface area contributed by atoms with E-state index in [1.807, 2.05) is 13.8 Å². The van der Waals surface area contributed by atoms with Crippen LogP contribution >= 0.6 is 0 Å². The van der Waals surface area contributed by atoms with Gasteiger partial charge in [0.1, 0.15) is 12.5 Å². The third-order valence-electron chi connectivity index (χ3n) is 10.4. The van der Waals surface area contributed by atoms with E-state index in [0.717, 1.165) is 19.4 Å². The molecule has 1 aromatic rings. The van der Waals surface area contributed by atoms with Gasteiger partial charge in [-0.15, -0.1) is 0 Å². The van der Waals surface area contributed by atoms with E-state index < -0.39 is 21.9 Å². The lowest BCUT2D eigenvalue weighted by Crippen LogP contribution is -2.64. The molecule has 3 aliphatic carbocycles. The molecule has 2 aliphatic heterocycles. The standard InChI is InChI=1S/C31H50N4O4S/c1-20-7-5-8-21(2)28(20)26-14-27-33-29(32-26)34-40(37,38)25-10-6-9-22(13-25)18-35(23-16-31(17-23)11-12-31)24(19-39-27)15-30(3,4)36/h5,7-8,22-27,29,32-34,36H,6,9-19H2,1-4H3/t22?,24-,25?,26?,27?,29?/m1/s1. The summed E-state index contributed by atoms with van der Waals surface area (Å²) in [7, 11) is -3.54. The van der Waals surface area contributed by atoms with Crippen LogP contribution in [0.2, 0.25) is 0 Å². The summed E-state index contributed by atoms with van der Waals surface area (Å²) >= 11 is 0. The fourth-order valence-electron chi connectivity index (χ4n) is 8.23. The van der Waals surface area contributed by atoms with E-state index in [0.29, 0.717) is 49.7 Å². The van der Waals surface area contributed by atoms with Gasteiger partial charge in [-0.3, -0.25) is 15.5 Å². The van der Waals surface area contributed by atoms with Gasteiger partial charge in [-0.25, -0.2) is 8.42 Å². The number of hydrogen-bond donors (Lipinski definition) is 4. The predicted molar refractivity (Wildman–Crippen MR) is 157 cm³/mol. The topological polar surface area (TPSA) is 103 Å². The van der Waals surface area contributed by atoms with E-state index in [4.69, 9.17) is 4.74 Å². The second-order valence-corrected chi connectivity index (χ2v) is 16.4. The second-order valence-electron chi connectivity index (χ2n) is 14.4. The third kappa shape index (κ3) is 6.31. The van der Waals surface area contributed by atoms with Gasteiger partial charge in [0.2, 0.25) is 10.0 Å². The van der Waals surface area contributed by atoms with E-state index in [1.165, 1.54) is 42.4 Å². The molecular formula is C31H50N4O4S. The van der Waals surface area contributed by atoms with Crippen molar-refractivity contribution in [1.82, 2.24) is 20.3 Å². The van der Waals surface area contributed by atoms with Gasteiger partial charge >= 0.3 is 0 Å². The van der Waals surface area contributed by atoms with E-state index in [2.05, 4.69) is 52.3 Å². The van der Waals surface area contributed by atoms with Gasteiger partial charge in [0, 0.05) is 31.1 Å². The Balaban J connectivity index is 1.32. The number of benzene rings is 1. The van der Waals surface area contributed by atoms with Crippen LogP contribution in [0.25, 0.3) is 0 Å². The normalized spacial score (nSPS) is 36.6. The van der Waals surface area contributed by atoms with E-state index >= 15 is 0 Å². The van der Waals surface area contributed by atoms with Crippen molar-refractivity contribution < 1.29 is 18.3 Å². The molecule has 4 N–H and O–H groups in total. The Hall–Kier alpha value is -1.07. The Labute approximate surface area is 241 Å². The Morgan fingerprint density at radius 3 is 2.50 bits per heavy atom. The number of ether oxygens (including phenoxy) is 1. The molecule has 2 heterocycles. The van der Waals surface area contributed by atoms with Crippen molar-refractivity contribution in [3.05, 3.63) is 34.9 Å². The first-order valence-electron chi connectivity index (χ1n) is 15.6. The average molecular weight is 575 g/mol. The quantitative estimate of drug-likeness (QED) is 0.434. The van der Waals surface area contributed by atoms with Crippen molar-refractivity contribution in [2.24, 2.45) is 11.3 Å². The first-order valence-corrected chi connectivity index (χ1v) is 17.1. The van der Waals surface area contributed by atoms with Crippen LogP contribution in [0.5, 0.6) is 0 Å². The van der Waals surface area contributed by atoms with E-state index in [1.54, 1.807) is 0 Å². The Kier molecular flexibility index (Phi) is 7.90. The first-order chi connectivity index (χ1) is 18.9. The lowest BCUT2D eigenvalue weighted by Gasteiger charge is -2.50. The van der Waals surface area contributed by atoms with Gasteiger partial charge in [0.15, 0.2) is 0 Å². The fraction of sp³-hybridized carbons (Fsp3) is 0.806. The number of fused-ring (bicyclic) bond motifs is 4. The largest absolute Gasteiger partial charge is 0.390 e. The molecule has 224 valence electrons. The molecule has 9 heteroatoms. The maximum absolute atomic E-state index is 13.7. The minimum atomic E-state index is -3.54. The number of aliphatic hydroxyl groups is 1. The summed E-state index contributed by atoms with van der Waals surface area (Å²) in [6, 6.07) is 6.84. The van der Waals surface area contributed by atoms with Gasteiger partial charge in [0.25, 0.3) is 0 Å². The molecule has 40 heavy (non-hydrogen) atoms. The summed E-state index contributed by atoms with van der Waals surface area (Å²) < 4.78 is 37.2. The summed E-state index contributed by atoms with van der Waals surface area (Å²) in [5, 5.41) is 17.6. The highest BCUT2D eigenvalue weighted by molar-refractivity contribution is 7.90. The molecule has 2 saturated heterocycles. The lowest BCUT2D eigenvalue weighted by atomic mass is 9.74. The third-order valence-corrected chi connectivity index (χ3v) is 12.3. The highest BCUT2D eigenvalue weighted by atomic mass is 32.2. The van der Waals surface area contributed by atoms with Crippen LogP contribution in [0.3, 0.4) is 0 Å². The summed E-state index contributed by atoms with van der Waals surface area (Å²) in [5.74, 6) is 0.332. The molecule has 5 fully saturated rings. The smallest absolute Gasteiger partial charge is 0.216 e. The molecular weight excluding hydrogens is 524 g/mol. The van der Waals surface area contributed by atoms with Gasteiger partial charge in [0.05, 0.1) is 17.5 Å². The van der Waals surface area contributed by atoms with Gasteiger partial charge in [-0.05, 0) is 107 Å². The molecule has 1 spiro atoms. The Bertz CT molecular complexity index is 1150. The predicted octanol–water partition coefficient (Wildman–Crippen LogP) is 3.82.